The summed E-state index contributed by atoms with van der Waals surface area (Å²) in [6.07, 6.45) is 0. The lowest BCUT2D eigenvalue weighted by molar-refractivity contribution is 0.100. The van der Waals surface area contributed by atoms with Crippen molar-refractivity contribution in [3.8, 4) is 0 Å². The SMILES string of the molecule is CCn1c(N)nc2cc(C(N)=O)ccc21. The first-order valence-electron chi connectivity index (χ1n) is 4.69. The fourth-order valence-corrected chi connectivity index (χ4v) is 1.63. The summed E-state index contributed by atoms with van der Waals surface area (Å²) >= 11 is 0. The predicted molar refractivity (Wildman–Crippen MR) is 58.3 cm³/mol. The van der Waals surface area contributed by atoms with Crippen molar-refractivity contribution in [3.05, 3.63) is 23.8 Å². The van der Waals surface area contributed by atoms with Crippen LogP contribution in [0.1, 0.15) is 17.3 Å². The van der Waals surface area contributed by atoms with Gasteiger partial charge in [-0.25, -0.2) is 4.98 Å². The van der Waals surface area contributed by atoms with E-state index in [1.54, 1.807) is 12.1 Å². The molecule has 0 bridgehead atoms. The van der Waals surface area contributed by atoms with Crippen molar-refractivity contribution in [1.82, 2.24) is 9.55 Å². The number of carbonyl (C=O) groups is 1. The summed E-state index contributed by atoms with van der Waals surface area (Å²) in [5, 5.41) is 0. The van der Waals surface area contributed by atoms with Gasteiger partial charge in [0.15, 0.2) is 0 Å². The molecule has 1 amide bonds. The molecule has 0 saturated carbocycles. The first-order chi connectivity index (χ1) is 7.13. The summed E-state index contributed by atoms with van der Waals surface area (Å²) in [6.45, 7) is 2.73. The largest absolute Gasteiger partial charge is 0.369 e. The molecule has 0 aliphatic rings. The van der Waals surface area contributed by atoms with E-state index in [0.29, 0.717) is 17.0 Å². The fourth-order valence-electron chi connectivity index (χ4n) is 1.63. The molecule has 1 heterocycles. The zero-order valence-electron chi connectivity index (χ0n) is 8.40. The number of amides is 1. The van der Waals surface area contributed by atoms with Crippen LogP contribution in [0.15, 0.2) is 18.2 Å². The summed E-state index contributed by atoms with van der Waals surface area (Å²) < 4.78 is 1.88. The molecule has 0 aliphatic carbocycles. The molecular weight excluding hydrogens is 192 g/mol. The van der Waals surface area contributed by atoms with Crippen LogP contribution in [0.25, 0.3) is 11.0 Å². The Bertz CT molecular complexity index is 529. The van der Waals surface area contributed by atoms with Gasteiger partial charge in [-0.1, -0.05) is 0 Å². The van der Waals surface area contributed by atoms with E-state index in [1.165, 1.54) is 0 Å². The number of aromatic nitrogens is 2. The summed E-state index contributed by atoms with van der Waals surface area (Å²) in [5.74, 6) is -0.00404. The van der Waals surface area contributed by atoms with E-state index in [1.807, 2.05) is 17.6 Å². The molecule has 0 unspecified atom stereocenters. The Morgan fingerprint density at radius 3 is 2.87 bits per heavy atom. The van der Waals surface area contributed by atoms with E-state index in [4.69, 9.17) is 11.5 Å². The van der Waals surface area contributed by atoms with E-state index < -0.39 is 5.91 Å². The van der Waals surface area contributed by atoms with Crippen molar-refractivity contribution < 1.29 is 4.79 Å². The lowest BCUT2D eigenvalue weighted by atomic mass is 10.2. The highest BCUT2D eigenvalue weighted by Gasteiger charge is 2.08. The smallest absolute Gasteiger partial charge is 0.248 e. The molecule has 15 heavy (non-hydrogen) atoms. The van der Waals surface area contributed by atoms with Crippen LogP contribution >= 0.6 is 0 Å². The first-order valence-corrected chi connectivity index (χ1v) is 4.69. The van der Waals surface area contributed by atoms with Crippen LogP contribution in [0, 0.1) is 0 Å². The second-order valence-corrected chi connectivity index (χ2v) is 3.28. The fraction of sp³-hybridized carbons (Fsp3) is 0.200. The van der Waals surface area contributed by atoms with Crippen LogP contribution in [0.5, 0.6) is 0 Å². The monoisotopic (exact) mass is 204 g/mol. The molecule has 0 radical (unpaired) electrons. The van der Waals surface area contributed by atoms with Crippen molar-refractivity contribution in [1.29, 1.82) is 0 Å². The second-order valence-electron chi connectivity index (χ2n) is 3.28. The van der Waals surface area contributed by atoms with E-state index in [2.05, 4.69) is 4.98 Å². The van der Waals surface area contributed by atoms with Crippen molar-refractivity contribution in [3.63, 3.8) is 0 Å². The predicted octanol–water partition coefficient (Wildman–Crippen LogP) is 0.737. The third-order valence-electron chi connectivity index (χ3n) is 2.38. The summed E-state index contributed by atoms with van der Waals surface area (Å²) in [5.41, 5.74) is 13.0. The molecule has 2 aromatic rings. The Labute approximate surface area is 86.7 Å². The van der Waals surface area contributed by atoms with Gasteiger partial charge in [-0.05, 0) is 25.1 Å². The number of nitrogens with two attached hydrogens (primary N) is 2. The minimum atomic E-state index is -0.457. The quantitative estimate of drug-likeness (QED) is 0.756. The van der Waals surface area contributed by atoms with E-state index in [9.17, 15) is 4.79 Å². The number of anilines is 1. The van der Waals surface area contributed by atoms with E-state index >= 15 is 0 Å². The number of rotatable bonds is 2. The maximum absolute atomic E-state index is 11.0. The highest BCUT2D eigenvalue weighted by atomic mass is 16.1. The minimum Gasteiger partial charge on any atom is -0.369 e. The zero-order chi connectivity index (χ0) is 11.0. The average Bonchev–Trinajstić information content (AvgIpc) is 2.51. The van der Waals surface area contributed by atoms with Crippen molar-refractivity contribution >= 4 is 22.9 Å². The van der Waals surface area contributed by atoms with E-state index in [0.717, 1.165) is 12.1 Å². The molecule has 2 rings (SSSR count). The van der Waals surface area contributed by atoms with Gasteiger partial charge in [0.25, 0.3) is 0 Å². The maximum Gasteiger partial charge on any atom is 0.248 e. The number of imidazole rings is 1. The Balaban J connectivity index is 2.69. The number of aryl methyl sites for hydroxylation is 1. The van der Waals surface area contributed by atoms with Gasteiger partial charge in [0.05, 0.1) is 11.0 Å². The summed E-state index contributed by atoms with van der Waals surface area (Å²) in [6, 6.07) is 5.14. The molecule has 0 aliphatic heterocycles. The van der Waals surface area contributed by atoms with Gasteiger partial charge in [0, 0.05) is 12.1 Å². The molecule has 5 nitrogen and oxygen atoms in total. The van der Waals surface area contributed by atoms with Gasteiger partial charge < -0.3 is 16.0 Å². The van der Waals surface area contributed by atoms with Gasteiger partial charge >= 0.3 is 0 Å². The van der Waals surface area contributed by atoms with Crippen molar-refractivity contribution in [2.24, 2.45) is 5.73 Å². The number of hydrogen-bond acceptors (Lipinski definition) is 3. The topological polar surface area (TPSA) is 86.9 Å². The standard InChI is InChI=1S/C10H12N4O/c1-2-14-8-4-3-6(9(11)15)5-7(8)13-10(14)12/h3-5H,2H2,1H3,(H2,11,15)(H2,12,13). The Kier molecular flexibility index (Phi) is 2.07. The van der Waals surface area contributed by atoms with Gasteiger partial charge in [-0.3, -0.25) is 4.79 Å². The van der Waals surface area contributed by atoms with Crippen LogP contribution in [0.2, 0.25) is 0 Å². The van der Waals surface area contributed by atoms with Gasteiger partial charge in [0.2, 0.25) is 11.9 Å². The molecule has 0 fully saturated rings. The van der Waals surface area contributed by atoms with Crippen molar-refractivity contribution in [2.75, 3.05) is 5.73 Å². The van der Waals surface area contributed by atoms with Crippen LogP contribution < -0.4 is 11.5 Å². The van der Waals surface area contributed by atoms with Crippen LogP contribution in [0.3, 0.4) is 0 Å². The number of nitrogen functional groups attached to an aromatic ring is 1. The molecule has 1 aromatic carbocycles. The highest BCUT2D eigenvalue weighted by molar-refractivity contribution is 5.96. The van der Waals surface area contributed by atoms with Crippen LogP contribution in [-0.2, 0) is 6.54 Å². The molecule has 0 spiro atoms. The van der Waals surface area contributed by atoms with Crippen LogP contribution in [0.4, 0.5) is 5.95 Å². The Hall–Kier alpha value is -2.04. The third kappa shape index (κ3) is 1.41. The Morgan fingerprint density at radius 2 is 2.27 bits per heavy atom. The molecule has 78 valence electrons. The van der Waals surface area contributed by atoms with E-state index in [-0.39, 0.29) is 0 Å². The van der Waals surface area contributed by atoms with Gasteiger partial charge in [-0.2, -0.15) is 0 Å². The Morgan fingerprint density at radius 1 is 1.53 bits per heavy atom. The molecule has 1 aromatic heterocycles. The molecular formula is C10H12N4O. The maximum atomic E-state index is 11.0. The number of carbonyl (C=O) groups excluding carboxylic acids is 1. The lowest BCUT2D eigenvalue weighted by Crippen LogP contribution is -2.10. The number of hydrogen-bond donors (Lipinski definition) is 2. The molecule has 0 atom stereocenters. The first kappa shape index (κ1) is 9.51. The molecule has 0 saturated heterocycles. The average molecular weight is 204 g/mol. The zero-order valence-corrected chi connectivity index (χ0v) is 8.40. The van der Waals surface area contributed by atoms with Gasteiger partial charge in [-0.15, -0.1) is 0 Å². The second kappa shape index (κ2) is 3.27. The number of fused-ring (bicyclic) bond motifs is 1. The highest BCUT2D eigenvalue weighted by Crippen LogP contribution is 2.18. The minimum absolute atomic E-state index is 0.447. The number of benzene rings is 1. The van der Waals surface area contributed by atoms with Crippen molar-refractivity contribution in [2.45, 2.75) is 13.5 Å². The summed E-state index contributed by atoms with van der Waals surface area (Å²) in [7, 11) is 0. The number of nitrogens with zero attached hydrogens (tertiary/aromatic N) is 2. The normalized spacial score (nSPS) is 10.7. The van der Waals surface area contributed by atoms with Crippen LogP contribution in [-0.4, -0.2) is 15.5 Å². The summed E-state index contributed by atoms with van der Waals surface area (Å²) in [4.78, 5) is 15.1. The van der Waals surface area contributed by atoms with Gasteiger partial charge in [0.1, 0.15) is 0 Å². The third-order valence-corrected chi connectivity index (χ3v) is 2.38. The lowest BCUT2D eigenvalue weighted by Gasteiger charge is -2.01. The molecule has 5 heteroatoms. The molecule has 4 N–H and O–H groups in total. The number of primary amides is 1.